The number of ether oxygens (including phenoxy) is 2. The number of rotatable bonds is 8. The van der Waals surface area contributed by atoms with Gasteiger partial charge in [-0.2, -0.15) is 0 Å². The number of methoxy groups -OCH3 is 1. The number of nitro groups is 1. The molecule has 0 atom stereocenters. The van der Waals surface area contributed by atoms with Crippen molar-refractivity contribution in [3.63, 3.8) is 0 Å². The number of nitrogens with one attached hydrogen (secondary N) is 1. The predicted octanol–water partition coefficient (Wildman–Crippen LogP) is 2.48. The average Bonchev–Trinajstić information content (AvgIpc) is 2.61. The molecule has 2 aromatic carbocycles. The molecule has 1 N–H and O–H groups in total. The molecule has 0 amide bonds. The Morgan fingerprint density at radius 3 is 2.36 bits per heavy atom. The van der Waals surface area contributed by atoms with E-state index >= 15 is 0 Å². The van der Waals surface area contributed by atoms with Crippen LogP contribution in [0.4, 0.5) is 5.69 Å². The maximum absolute atomic E-state index is 12.3. The van der Waals surface area contributed by atoms with Gasteiger partial charge in [0.2, 0.25) is 10.0 Å². The lowest BCUT2D eigenvalue weighted by Gasteiger charge is -2.12. The zero-order chi connectivity index (χ0) is 18.4. The van der Waals surface area contributed by atoms with Crippen LogP contribution < -0.4 is 14.2 Å². The van der Waals surface area contributed by atoms with Crippen LogP contribution in [0.2, 0.25) is 0 Å². The van der Waals surface area contributed by atoms with Crippen LogP contribution in [0.25, 0.3) is 0 Å². The molecule has 0 bridgehead atoms. The van der Waals surface area contributed by atoms with Crippen molar-refractivity contribution in [1.29, 1.82) is 0 Å². The third kappa shape index (κ3) is 4.68. The summed E-state index contributed by atoms with van der Waals surface area (Å²) in [6.45, 7) is 2.39. The van der Waals surface area contributed by atoms with Gasteiger partial charge in [-0.25, -0.2) is 13.1 Å². The largest absolute Gasteiger partial charge is 0.493 e. The van der Waals surface area contributed by atoms with Gasteiger partial charge in [-0.1, -0.05) is 6.07 Å². The van der Waals surface area contributed by atoms with E-state index in [1.165, 1.54) is 19.2 Å². The number of nitrogens with zero attached hydrogens (tertiary/aromatic N) is 1. The van der Waals surface area contributed by atoms with E-state index in [1.807, 2.05) is 6.92 Å². The van der Waals surface area contributed by atoms with Crippen molar-refractivity contribution in [2.45, 2.75) is 18.4 Å². The topological polar surface area (TPSA) is 108 Å². The molecular formula is C16H18N2O6S. The SMILES string of the molecule is CCOc1ccc(CNS(=O)(=O)c2ccc([N+](=O)[O-])cc2)cc1OC. The minimum atomic E-state index is -3.79. The van der Waals surface area contributed by atoms with Crippen LogP contribution in [0, 0.1) is 10.1 Å². The van der Waals surface area contributed by atoms with Gasteiger partial charge in [0.05, 0.1) is 23.5 Å². The fourth-order valence-corrected chi connectivity index (χ4v) is 3.12. The zero-order valence-corrected chi connectivity index (χ0v) is 14.6. The van der Waals surface area contributed by atoms with Crippen molar-refractivity contribution < 1.29 is 22.8 Å². The first-order valence-corrected chi connectivity index (χ1v) is 8.89. The molecule has 134 valence electrons. The third-order valence-electron chi connectivity index (χ3n) is 3.35. The fourth-order valence-electron chi connectivity index (χ4n) is 2.11. The molecule has 0 heterocycles. The van der Waals surface area contributed by atoms with E-state index in [9.17, 15) is 18.5 Å². The maximum atomic E-state index is 12.3. The zero-order valence-electron chi connectivity index (χ0n) is 13.8. The van der Waals surface area contributed by atoms with Gasteiger partial charge in [-0.05, 0) is 36.8 Å². The highest BCUT2D eigenvalue weighted by atomic mass is 32.2. The fraction of sp³-hybridized carbons (Fsp3) is 0.250. The molecule has 0 spiro atoms. The van der Waals surface area contributed by atoms with E-state index in [1.54, 1.807) is 18.2 Å². The first-order valence-electron chi connectivity index (χ1n) is 7.41. The van der Waals surface area contributed by atoms with E-state index in [0.29, 0.717) is 23.7 Å². The molecule has 0 aliphatic heterocycles. The van der Waals surface area contributed by atoms with Crippen LogP contribution in [-0.4, -0.2) is 27.1 Å². The van der Waals surface area contributed by atoms with E-state index in [2.05, 4.69) is 4.72 Å². The number of hydrogen-bond donors (Lipinski definition) is 1. The number of benzene rings is 2. The molecule has 9 heteroatoms. The molecule has 25 heavy (non-hydrogen) atoms. The number of non-ortho nitro benzene ring substituents is 1. The van der Waals surface area contributed by atoms with Gasteiger partial charge in [0.1, 0.15) is 0 Å². The summed E-state index contributed by atoms with van der Waals surface area (Å²) >= 11 is 0. The first kappa shape index (κ1) is 18.7. The Labute approximate surface area is 145 Å². The molecule has 0 saturated heterocycles. The van der Waals surface area contributed by atoms with Crippen molar-refractivity contribution >= 4 is 15.7 Å². The van der Waals surface area contributed by atoms with Gasteiger partial charge < -0.3 is 9.47 Å². The van der Waals surface area contributed by atoms with Gasteiger partial charge in [-0.3, -0.25) is 10.1 Å². The maximum Gasteiger partial charge on any atom is 0.269 e. The van der Waals surface area contributed by atoms with Gasteiger partial charge in [-0.15, -0.1) is 0 Å². The van der Waals surface area contributed by atoms with Crippen molar-refractivity contribution in [1.82, 2.24) is 4.72 Å². The van der Waals surface area contributed by atoms with Gasteiger partial charge in [0.25, 0.3) is 5.69 Å². The Hall–Kier alpha value is -2.65. The molecule has 0 aliphatic carbocycles. The predicted molar refractivity (Wildman–Crippen MR) is 91.3 cm³/mol. The summed E-state index contributed by atoms with van der Waals surface area (Å²) in [5, 5.41) is 10.6. The lowest BCUT2D eigenvalue weighted by Crippen LogP contribution is -2.23. The highest BCUT2D eigenvalue weighted by Crippen LogP contribution is 2.28. The Morgan fingerprint density at radius 1 is 1.12 bits per heavy atom. The number of sulfonamides is 1. The smallest absolute Gasteiger partial charge is 0.269 e. The molecule has 8 nitrogen and oxygen atoms in total. The van der Waals surface area contributed by atoms with Crippen molar-refractivity contribution in [3.05, 3.63) is 58.1 Å². The van der Waals surface area contributed by atoms with Gasteiger partial charge >= 0.3 is 0 Å². The molecule has 0 saturated carbocycles. The quantitative estimate of drug-likeness (QED) is 0.568. The highest BCUT2D eigenvalue weighted by molar-refractivity contribution is 7.89. The van der Waals surface area contributed by atoms with E-state index in [0.717, 1.165) is 12.1 Å². The van der Waals surface area contributed by atoms with Crippen LogP contribution in [0.15, 0.2) is 47.4 Å². The molecule has 0 aliphatic rings. The van der Waals surface area contributed by atoms with Crippen molar-refractivity contribution in [2.24, 2.45) is 0 Å². The van der Waals surface area contributed by atoms with Crippen molar-refractivity contribution in [2.75, 3.05) is 13.7 Å². The average molecular weight is 366 g/mol. The number of hydrogen-bond acceptors (Lipinski definition) is 6. The Bertz CT molecular complexity index is 849. The molecular weight excluding hydrogens is 348 g/mol. The third-order valence-corrected chi connectivity index (χ3v) is 4.77. The van der Waals surface area contributed by atoms with Gasteiger partial charge in [0, 0.05) is 18.7 Å². The highest BCUT2D eigenvalue weighted by Gasteiger charge is 2.16. The molecule has 0 aromatic heterocycles. The normalized spacial score (nSPS) is 11.1. The molecule has 0 radical (unpaired) electrons. The second-order valence-corrected chi connectivity index (χ2v) is 6.76. The van der Waals surface area contributed by atoms with Crippen LogP contribution in [-0.2, 0) is 16.6 Å². The van der Waals surface area contributed by atoms with Crippen LogP contribution in [0.1, 0.15) is 12.5 Å². The Morgan fingerprint density at radius 2 is 1.80 bits per heavy atom. The van der Waals surface area contributed by atoms with Crippen molar-refractivity contribution in [3.8, 4) is 11.5 Å². The van der Waals surface area contributed by atoms with Crippen LogP contribution in [0.3, 0.4) is 0 Å². The van der Waals surface area contributed by atoms with E-state index < -0.39 is 14.9 Å². The van der Waals surface area contributed by atoms with E-state index in [-0.39, 0.29) is 17.1 Å². The second-order valence-electron chi connectivity index (χ2n) is 4.99. The molecule has 2 rings (SSSR count). The number of nitro benzene ring substituents is 1. The summed E-state index contributed by atoms with van der Waals surface area (Å²) < 4.78 is 37.6. The Balaban J connectivity index is 2.12. The summed E-state index contributed by atoms with van der Waals surface area (Å²) in [5.41, 5.74) is 0.515. The first-order chi connectivity index (χ1) is 11.9. The van der Waals surface area contributed by atoms with Crippen LogP contribution in [0.5, 0.6) is 11.5 Å². The Kier molecular flexibility index (Phi) is 5.94. The standard InChI is InChI=1S/C16H18N2O6S/c1-3-24-15-9-4-12(10-16(15)23-2)11-17-25(21,22)14-7-5-13(6-8-14)18(19)20/h4-10,17H,3,11H2,1-2H3. The van der Waals surface area contributed by atoms with Gasteiger partial charge in [0.15, 0.2) is 11.5 Å². The minimum absolute atomic E-state index is 0.0437. The lowest BCUT2D eigenvalue weighted by molar-refractivity contribution is -0.384. The second kappa shape index (κ2) is 7.95. The summed E-state index contributed by atoms with van der Waals surface area (Å²) in [7, 11) is -2.28. The minimum Gasteiger partial charge on any atom is -0.493 e. The summed E-state index contributed by atoms with van der Waals surface area (Å²) in [6.07, 6.45) is 0. The summed E-state index contributed by atoms with van der Waals surface area (Å²) in [6, 6.07) is 9.80. The lowest BCUT2D eigenvalue weighted by atomic mass is 10.2. The molecule has 0 unspecified atom stereocenters. The van der Waals surface area contributed by atoms with E-state index in [4.69, 9.17) is 9.47 Å². The molecule has 2 aromatic rings. The van der Waals surface area contributed by atoms with Crippen LogP contribution >= 0.6 is 0 Å². The molecule has 0 fully saturated rings. The summed E-state index contributed by atoms with van der Waals surface area (Å²) in [5.74, 6) is 1.08. The summed E-state index contributed by atoms with van der Waals surface area (Å²) in [4.78, 5) is 9.99. The monoisotopic (exact) mass is 366 g/mol.